The predicted octanol–water partition coefficient (Wildman–Crippen LogP) is -0.543. The Kier molecular flexibility index (Phi) is 3.00. The maximum Gasteiger partial charge on any atom is 0.383 e. The van der Waals surface area contributed by atoms with E-state index < -0.39 is 29.7 Å². The van der Waals surface area contributed by atoms with E-state index in [0.717, 1.165) is 0 Å². The van der Waals surface area contributed by atoms with Gasteiger partial charge in [-0.3, -0.25) is 9.59 Å². The summed E-state index contributed by atoms with van der Waals surface area (Å²) in [7, 11) is 0. The molecule has 0 amide bonds. The van der Waals surface area contributed by atoms with Crippen LogP contribution in [-0.4, -0.2) is 34.9 Å². The zero-order valence-corrected chi connectivity index (χ0v) is 8.02. The summed E-state index contributed by atoms with van der Waals surface area (Å²) < 4.78 is 4.46. The van der Waals surface area contributed by atoms with Crippen molar-refractivity contribution in [2.45, 2.75) is 32.5 Å². The third-order valence-corrected chi connectivity index (χ3v) is 1.96. The number of aliphatic hydroxyl groups is 1. The van der Waals surface area contributed by atoms with Gasteiger partial charge in [0.1, 0.15) is 0 Å². The molecule has 78 valence electrons. The molecular weight excluding hydrogens is 188 g/mol. The molecule has 0 aromatic carbocycles. The molecule has 0 spiro atoms. The summed E-state index contributed by atoms with van der Waals surface area (Å²) in [5, 5.41) is 9.48. The Labute approximate surface area is 81.0 Å². The SMILES string of the molecule is CC(C)CC(O)C1OC(=O)C(=O)C1=O. The molecule has 1 saturated heterocycles. The Balaban J connectivity index is 2.66. The summed E-state index contributed by atoms with van der Waals surface area (Å²) in [5.41, 5.74) is 0. The molecule has 1 heterocycles. The van der Waals surface area contributed by atoms with Gasteiger partial charge in [-0.1, -0.05) is 13.8 Å². The highest BCUT2D eigenvalue weighted by Gasteiger charge is 2.45. The van der Waals surface area contributed by atoms with Crippen molar-refractivity contribution in [2.24, 2.45) is 5.92 Å². The Morgan fingerprint density at radius 1 is 1.36 bits per heavy atom. The maximum atomic E-state index is 11.1. The van der Waals surface area contributed by atoms with Crippen molar-refractivity contribution in [3.8, 4) is 0 Å². The quantitative estimate of drug-likeness (QED) is 0.488. The molecule has 0 aromatic heterocycles. The fourth-order valence-corrected chi connectivity index (χ4v) is 1.31. The first-order valence-electron chi connectivity index (χ1n) is 4.40. The van der Waals surface area contributed by atoms with Gasteiger partial charge >= 0.3 is 11.8 Å². The molecule has 0 saturated carbocycles. The van der Waals surface area contributed by atoms with Gasteiger partial charge in [-0.2, -0.15) is 0 Å². The average Bonchev–Trinajstić information content (AvgIpc) is 2.32. The number of hydrogen-bond donors (Lipinski definition) is 1. The van der Waals surface area contributed by atoms with Crippen molar-refractivity contribution >= 4 is 17.5 Å². The molecule has 2 atom stereocenters. The molecule has 0 radical (unpaired) electrons. The van der Waals surface area contributed by atoms with E-state index in [1.165, 1.54) is 0 Å². The fourth-order valence-electron chi connectivity index (χ4n) is 1.31. The number of ketones is 2. The molecule has 1 N–H and O–H groups in total. The lowest BCUT2D eigenvalue weighted by molar-refractivity contribution is -0.151. The number of cyclic esters (lactones) is 1. The van der Waals surface area contributed by atoms with Crippen molar-refractivity contribution < 1.29 is 24.2 Å². The topological polar surface area (TPSA) is 80.7 Å². The zero-order chi connectivity index (χ0) is 10.9. The number of esters is 1. The standard InChI is InChI=1S/C9H12O5/c1-4(2)3-5(10)8-6(11)7(12)9(13)14-8/h4-5,8,10H,3H2,1-2H3. The molecule has 1 aliphatic rings. The van der Waals surface area contributed by atoms with Gasteiger partial charge in [0.25, 0.3) is 5.78 Å². The van der Waals surface area contributed by atoms with Crippen LogP contribution in [0.15, 0.2) is 0 Å². The Morgan fingerprint density at radius 3 is 2.29 bits per heavy atom. The highest BCUT2D eigenvalue weighted by Crippen LogP contribution is 2.16. The molecule has 5 nitrogen and oxygen atoms in total. The highest BCUT2D eigenvalue weighted by atomic mass is 16.6. The van der Waals surface area contributed by atoms with Crippen LogP contribution in [0.2, 0.25) is 0 Å². The van der Waals surface area contributed by atoms with Crippen LogP contribution < -0.4 is 0 Å². The van der Waals surface area contributed by atoms with Gasteiger partial charge in [0, 0.05) is 0 Å². The normalized spacial score (nSPS) is 24.3. The van der Waals surface area contributed by atoms with Crippen molar-refractivity contribution in [1.29, 1.82) is 0 Å². The number of hydrogen-bond acceptors (Lipinski definition) is 5. The molecule has 14 heavy (non-hydrogen) atoms. The Bertz CT molecular complexity index is 281. The number of carbonyl (C=O) groups excluding carboxylic acids is 3. The van der Waals surface area contributed by atoms with E-state index in [9.17, 15) is 19.5 Å². The van der Waals surface area contributed by atoms with Gasteiger partial charge in [0.05, 0.1) is 6.10 Å². The smallest absolute Gasteiger partial charge is 0.383 e. The minimum Gasteiger partial charge on any atom is -0.445 e. The predicted molar refractivity (Wildman–Crippen MR) is 45.4 cm³/mol. The summed E-state index contributed by atoms with van der Waals surface area (Å²) in [4.78, 5) is 32.5. The number of carbonyl (C=O) groups is 3. The molecule has 1 fully saturated rings. The average molecular weight is 200 g/mol. The van der Waals surface area contributed by atoms with Crippen LogP contribution in [0.4, 0.5) is 0 Å². The van der Waals surface area contributed by atoms with Gasteiger partial charge in [0.15, 0.2) is 6.10 Å². The fraction of sp³-hybridized carbons (Fsp3) is 0.667. The van der Waals surface area contributed by atoms with E-state index in [4.69, 9.17) is 0 Å². The minimum absolute atomic E-state index is 0.159. The molecular formula is C9H12O5. The van der Waals surface area contributed by atoms with Crippen LogP contribution in [0.3, 0.4) is 0 Å². The first-order chi connectivity index (χ1) is 6.43. The number of aliphatic hydroxyl groups excluding tert-OH is 1. The van der Waals surface area contributed by atoms with Crippen LogP contribution in [0.1, 0.15) is 20.3 Å². The summed E-state index contributed by atoms with van der Waals surface area (Å²) >= 11 is 0. The van der Waals surface area contributed by atoms with Crippen LogP contribution in [0.25, 0.3) is 0 Å². The van der Waals surface area contributed by atoms with E-state index in [1.807, 2.05) is 13.8 Å². The molecule has 0 aliphatic carbocycles. The lowest BCUT2D eigenvalue weighted by atomic mass is 9.99. The molecule has 2 unspecified atom stereocenters. The Morgan fingerprint density at radius 2 is 1.93 bits per heavy atom. The lowest BCUT2D eigenvalue weighted by Crippen LogP contribution is -2.34. The molecule has 5 heteroatoms. The van der Waals surface area contributed by atoms with E-state index in [2.05, 4.69) is 4.74 Å². The molecule has 1 rings (SSSR count). The second-order valence-electron chi connectivity index (χ2n) is 3.72. The lowest BCUT2D eigenvalue weighted by Gasteiger charge is -2.16. The third-order valence-electron chi connectivity index (χ3n) is 1.96. The summed E-state index contributed by atoms with van der Waals surface area (Å²) in [6.07, 6.45) is -2.06. The maximum absolute atomic E-state index is 11.1. The second kappa shape index (κ2) is 3.88. The van der Waals surface area contributed by atoms with Crippen LogP contribution in [-0.2, 0) is 19.1 Å². The molecule has 0 aromatic rings. The van der Waals surface area contributed by atoms with E-state index in [1.54, 1.807) is 0 Å². The van der Waals surface area contributed by atoms with Crippen molar-refractivity contribution in [3.63, 3.8) is 0 Å². The minimum atomic E-state index is -1.29. The van der Waals surface area contributed by atoms with Gasteiger partial charge < -0.3 is 9.84 Å². The first kappa shape index (κ1) is 10.8. The monoisotopic (exact) mass is 200 g/mol. The van der Waals surface area contributed by atoms with E-state index >= 15 is 0 Å². The first-order valence-corrected chi connectivity index (χ1v) is 4.40. The van der Waals surface area contributed by atoms with Gasteiger partial charge in [-0.15, -0.1) is 0 Å². The van der Waals surface area contributed by atoms with Crippen molar-refractivity contribution in [2.75, 3.05) is 0 Å². The van der Waals surface area contributed by atoms with Gasteiger partial charge in [0.2, 0.25) is 0 Å². The number of Topliss-reactive ketones (excluding diaryl/α,β-unsaturated/α-hetero) is 2. The molecule has 1 aliphatic heterocycles. The van der Waals surface area contributed by atoms with Gasteiger partial charge in [-0.25, -0.2) is 4.79 Å². The Hall–Kier alpha value is -1.23. The summed E-state index contributed by atoms with van der Waals surface area (Å²) in [5.74, 6) is -3.11. The zero-order valence-electron chi connectivity index (χ0n) is 8.02. The second-order valence-corrected chi connectivity index (χ2v) is 3.72. The van der Waals surface area contributed by atoms with Crippen LogP contribution >= 0.6 is 0 Å². The molecule has 0 bridgehead atoms. The summed E-state index contributed by atoms with van der Waals surface area (Å²) in [6, 6.07) is 0. The number of ether oxygens (including phenoxy) is 1. The number of rotatable bonds is 3. The van der Waals surface area contributed by atoms with Crippen molar-refractivity contribution in [1.82, 2.24) is 0 Å². The van der Waals surface area contributed by atoms with E-state index in [-0.39, 0.29) is 5.92 Å². The van der Waals surface area contributed by atoms with Crippen LogP contribution in [0.5, 0.6) is 0 Å². The highest BCUT2D eigenvalue weighted by molar-refractivity contribution is 6.65. The third kappa shape index (κ3) is 1.98. The summed E-state index contributed by atoms with van der Waals surface area (Å²) in [6.45, 7) is 3.71. The largest absolute Gasteiger partial charge is 0.445 e. The van der Waals surface area contributed by atoms with Gasteiger partial charge in [-0.05, 0) is 12.3 Å². The van der Waals surface area contributed by atoms with Crippen LogP contribution in [0, 0.1) is 5.92 Å². The van der Waals surface area contributed by atoms with Crippen molar-refractivity contribution in [3.05, 3.63) is 0 Å². The van der Waals surface area contributed by atoms with E-state index in [0.29, 0.717) is 6.42 Å².